The van der Waals surface area contributed by atoms with E-state index < -0.39 is 0 Å². The summed E-state index contributed by atoms with van der Waals surface area (Å²) in [5.41, 5.74) is 0. The van der Waals surface area contributed by atoms with Crippen molar-refractivity contribution >= 4 is 0 Å². The second-order valence-electron chi connectivity index (χ2n) is 4.00. The number of hydrogen-bond donors (Lipinski definition) is 0. The summed E-state index contributed by atoms with van der Waals surface area (Å²) in [5.74, 6) is 0.565. The molecule has 0 aliphatic rings. The van der Waals surface area contributed by atoms with E-state index in [1.807, 2.05) is 18.7 Å². The van der Waals surface area contributed by atoms with Crippen LogP contribution >= 0.6 is 0 Å². The third-order valence-corrected chi connectivity index (χ3v) is 1.79. The van der Waals surface area contributed by atoms with Gasteiger partial charge in [-0.3, -0.25) is 0 Å². The molecular formula is C10H19N2O+. The molecule has 0 saturated carbocycles. The Morgan fingerprint density at radius 3 is 2.46 bits per heavy atom. The van der Waals surface area contributed by atoms with E-state index >= 15 is 0 Å². The summed E-state index contributed by atoms with van der Waals surface area (Å²) in [5, 5.41) is 0. The molecule has 0 aliphatic carbocycles. The van der Waals surface area contributed by atoms with Crippen molar-refractivity contribution in [3.63, 3.8) is 0 Å². The van der Waals surface area contributed by atoms with Crippen molar-refractivity contribution in [2.24, 2.45) is 5.92 Å². The first kappa shape index (κ1) is 10.1. The molecule has 0 amide bonds. The van der Waals surface area contributed by atoms with Gasteiger partial charge in [-0.05, 0) is 19.8 Å². The van der Waals surface area contributed by atoms with Gasteiger partial charge in [0.2, 0.25) is 0 Å². The molecule has 1 aromatic heterocycles. The molecule has 3 heteroatoms. The third kappa shape index (κ3) is 3.09. The maximum Gasteiger partial charge on any atom is 0.284 e. The molecule has 0 bridgehead atoms. The first-order valence-electron chi connectivity index (χ1n) is 4.81. The minimum absolute atomic E-state index is 0.490. The van der Waals surface area contributed by atoms with Gasteiger partial charge in [-0.1, -0.05) is 18.6 Å². The molecule has 0 N–H and O–H groups in total. The van der Waals surface area contributed by atoms with E-state index in [0.29, 0.717) is 12.0 Å². The summed E-state index contributed by atoms with van der Waals surface area (Å²) in [6, 6.07) is 0.490. The summed E-state index contributed by atoms with van der Waals surface area (Å²) < 4.78 is 3.88. The van der Waals surface area contributed by atoms with Crippen LogP contribution in [0.2, 0.25) is 0 Å². The largest absolute Gasteiger partial charge is 0.336 e. The zero-order chi connectivity index (χ0) is 9.84. The molecule has 1 aromatic rings. The van der Waals surface area contributed by atoms with Crippen molar-refractivity contribution in [1.82, 2.24) is 4.73 Å². The van der Waals surface area contributed by atoms with Crippen LogP contribution in [0.3, 0.4) is 0 Å². The Morgan fingerprint density at radius 1 is 1.31 bits per heavy atom. The summed E-state index contributed by atoms with van der Waals surface area (Å²) in [7, 11) is 0. The van der Waals surface area contributed by atoms with Crippen LogP contribution in [0, 0.1) is 5.92 Å². The molecule has 0 radical (unpaired) electrons. The second-order valence-corrected chi connectivity index (χ2v) is 4.00. The molecule has 0 aliphatic heterocycles. The summed E-state index contributed by atoms with van der Waals surface area (Å²) in [4.78, 5) is 5.49. The van der Waals surface area contributed by atoms with Gasteiger partial charge in [0.25, 0.3) is 6.33 Å². The molecule has 1 rings (SSSR count). The van der Waals surface area contributed by atoms with E-state index in [0.717, 1.165) is 6.61 Å². The fraction of sp³-hybridized carbons (Fsp3) is 0.700. The highest BCUT2D eigenvalue weighted by Gasteiger charge is 2.07. The Balaban J connectivity index is 2.49. The van der Waals surface area contributed by atoms with Crippen LogP contribution < -0.4 is 9.40 Å². The third-order valence-electron chi connectivity index (χ3n) is 1.79. The predicted molar refractivity (Wildman–Crippen MR) is 51.3 cm³/mol. The normalized spacial score (nSPS) is 11.2. The molecule has 0 unspecified atom stereocenters. The van der Waals surface area contributed by atoms with Crippen molar-refractivity contribution in [2.45, 2.75) is 33.7 Å². The smallest absolute Gasteiger partial charge is 0.284 e. The molecule has 3 nitrogen and oxygen atoms in total. The van der Waals surface area contributed by atoms with Crippen LogP contribution in [0.5, 0.6) is 0 Å². The summed E-state index contributed by atoms with van der Waals surface area (Å²) in [6.45, 7) is 9.33. The average molecular weight is 183 g/mol. The van der Waals surface area contributed by atoms with Crippen LogP contribution in [0.15, 0.2) is 18.7 Å². The monoisotopic (exact) mass is 183 g/mol. The number of imidazole rings is 1. The van der Waals surface area contributed by atoms with Gasteiger partial charge in [0, 0.05) is 0 Å². The predicted octanol–water partition coefficient (Wildman–Crippen LogP) is 1.44. The second kappa shape index (κ2) is 4.30. The maximum atomic E-state index is 5.49. The summed E-state index contributed by atoms with van der Waals surface area (Å²) >= 11 is 0. The molecule has 0 spiro atoms. The lowest BCUT2D eigenvalue weighted by Gasteiger charge is -2.02. The van der Waals surface area contributed by atoms with E-state index in [9.17, 15) is 0 Å². The maximum absolute atomic E-state index is 5.49. The Morgan fingerprint density at radius 2 is 2.00 bits per heavy atom. The van der Waals surface area contributed by atoms with E-state index in [4.69, 9.17) is 4.84 Å². The molecule has 13 heavy (non-hydrogen) atoms. The van der Waals surface area contributed by atoms with E-state index in [1.54, 1.807) is 4.73 Å². The van der Waals surface area contributed by atoms with Crippen LogP contribution in [0.4, 0.5) is 0 Å². The first-order valence-corrected chi connectivity index (χ1v) is 4.81. The quantitative estimate of drug-likeness (QED) is 0.646. The lowest BCUT2D eigenvalue weighted by molar-refractivity contribution is -0.716. The fourth-order valence-corrected chi connectivity index (χ4v) is 0.968. The summed E-state index contributed by atoms with van der Waals surface area (Å²) in [6.07, 6.45) is 5.92. The first-order chi connectivity index (χ1) is 6.09. The van der Waals surface area contributed by atoms with Gasteiger partial charge in [-0.25, -0.2) is 4.57 Å². The molecule has 74 valence electrons. The highest BCUT2D eigenvalue weighted by atomic mass is 16.7. The van der Waals surface area contributed by atoms with Crippen molar-refractivity contribution in [3.05, 3.63) is 18.7 Å². The van der Waals surface area contributed by atoms with Gasteiger partial charge in [0.05, 0.1) is 6.04 Å². The lowest BCUT2D eigenvalue weighted by Crippen LogP contribution is -2.34. The molecule has 0 aromatic carbocycles. The average Bonchev–Trinajstić information content (AvgIpc) is 2.48. The molecule has 0 saturated heterocycles. The van der Waals surface area contributed by atoms with Crippen LogP contribution in [-0.2, 0) is 0 Å². The minimum Gasteiger partial charge on any atom is -0.336 e. The van der Waals surface area contributed by atoms with Gasteiger partial charge in [-0.15, -0.1) is 0 Å². The zero-order valence-electron chi connectivity index (χ0n) is 8.90. The van der Waals surface area contributed by atoms with Gasteiger partial charge in [-0.2, -0.15) is 0 Å². The highest BCUT2D eigenvalue weighted by Crippen LogP contribution is 1.93. The fourth-order valence-electron chi connectivity index (χ4n) is 0.968. The topological polar surface area (TPSA) is 18.0 Å². The van der Waals surface area contributed by atoms with Crippen molar-refractivity contribution < 1.29 is 9.40 Å². The van der Waals surface area contributed by atoms with Crippen LogP contribution in [-0.4, -0.2) is 11.3 Å². The number of nitrogens with zero attached hydrogens (tertiary/aromatic N) is 2. The van der Waals surface area contributed by atoms with Crippen molar-refractivity contribution in [1.29, 1.82) is 0 Å². The van der Waals surface area contributed by atoms with Crippen molar-refractivity contribution in [3.8, 4) is 0 Å². The van der Waals surface area contributed by atoms with Crippen LogP contribution in [0.1, 0.15) is 33.7 Å². The van der Waals surface area contributed by atoms with Crippen LogP contribution in [0.25, 0.3) is 0 Å². The highest BCUT2D eigenvalue weighted by molar-refractivity contribution is 4.62. The number of rotatable bonds is 4. The number of aromatic nitrogens is 2. The number of hydrogen-bond acceptors (Lipinski definition) is 1. The molecule has 0 atom stereocenters. The lowest BCUT2D eigenvalue weighted by atomic mass is 10.2. The Kier molecular flexibility index (Phi) is 3.34. The Labute approximate surface area is 79.9 Å². The van der Waals surface area contributed by atoms with E-state index in [2.05, 4.69) is 32.3 Å². The zero-order valence-corrected chi connectivity index (χ0v) is 8.90. The van der Waals surface area contributed by atoms with Gasteiger partial charge >= 0.3 is 0 Å². The minimum atomic E-state index is 0.490. The Bertz CT molecular complexity index is 253. The standard InChI is InChI=1S/C10H19N2O/c1-9(2)7-13-12-6-5-11(8-12)10(3)4/h5-6,8-10H,7H2,1-4H3/q+1. The van der Waals surface area contributed by atoms with Gasteiger partial charge in [0.1, 0.15) is 12.8 Å². The van der Waals surface area contributed by atoms with Crippen molar-refractivity contribution in [2.75, 3.05) is 6.61 Å². The molecular weight excluding hydrogens is 164 g/mol. The van der Waals surface area contributed by atoms with E-state index in [1.165, 1.54) is 0 Å². The molecule has 0 fully saturated rings. The molecule has 1 heterocycles. The Hall–Kier alpha value is -0.990. The van der Waals surface area contributed by atoms with Gasteiger partial charge < -0.3 is 4.84 Å². The van der Waals surface area contributed by atoms with Gasteiger partial charge in [0.15, 0.2) is 6.20 Å². The SMILES string of the molecule is CC(C)COn1cc[n+](C(C)C)c1. The van der Waals surface area contributed by atoms with E-state index in [-0.39, 0.29) is 0 Å².